The lowest BCUT2D eigenvalue weighted by Crippen LogP contribution is -2.60. The summed E-state index contributed by atoms with van der Waals surface area (Å²) in [7, 11) is 0. The maximum Gasteiger partial charge on any atom is 0.306 e. The van der Waals surface area contributed by atoms with Gasteiger partial charge in [0.1, 0.15) is 6.61 Å². The first-order valence-electron chi connectivity index (χ1n) is 6.76. The van der Waals surface area contributed by atoms with Crippen molar-refractivity contribution in [2.75, 3.05) is 13.2 Å². The Morgan fingerprint density at radius 2 is 1.95 bits per heavy atom. The minimum atomic E-state index is -0.202. The van der Waals surface area contributed by atoms with Crippen LogP contribution in [0.25, 0.3) is 0 Å². The highest BCUT2D eigenvalue weighted by Crippen LogP contribution is 2.44. The van der Waals surface area contributed by atoms with Gasteiger partial charge in [-0.05, 0) is 25.8 Å². The van der Waals surface area contributed by atoms with Crippen LogP contribution in [-0.2, 0) is 20.7 Å². The summed E-state index contributed by atoms with van der Waals surface area (Å²) >= 11 is 0. The quantitative estimate of drug-likeness (QED) is 0.765. The molecule has 1 fully saturated rings. The van der Waals surface area contributed by atoms with Gasteiger partial charge in [0.2, 0.25) is 0 Å². The van der Waals surface area contributed by atoms with E-state index in [0.29, 0.717) is 19.6 Å². The molecule has 0 saturated carbocycles. The molecule has 0 N–H and O–H groups in total. The van der Waals surface area contributed by atoms with Crippen molar-refractivity contribution in [3.05, 3.63) is 35.9 Å². The molecular weight excluding hydrogens is 240 g/mol. The van der Waals surface area contributed by atoms with Crippen molar-refractivity contribution in [1.29, 1.82) is 0 Å². The van der Waals surface area contributed by atoms with Crippen LogP contribution < -0.4 is 0 Å². The summed E-state index contributed by atoms with van der Waals surface area (Å²) in [6, 6.07) is 9.99. The van der Waals surface area contributed by atoms with E-state index in [1.807, 2.05) is 44.2 Å². The summed E-state index contributed by atoms with van der Waals surface area (Å²) < 4.78 is 10.9. The number of ether oxygens (including phenoxy) is 2. The normalized spacial score (nSPS) is 24.6. The first kappa shape index (κ1) is 14.1. The number of esters is 1. The number of rotatable bonds is 5. The Labute approximate surface area is 114 Å². The highest BCUT2D eigenvalue weighted by molar-refractivity contribution is 5.69. The van der Waals surface area contributed by atoms with E-state index in [9.17, 15) is 4.79 Å². The van der Waals surface area contributed by atoms with Crippen LogP contribution in [0.3, 0.4) is 0 Å². The molecule has 1 aromatic carbocycles. The summed E-state index contributed by atoms with van der Waals surface area (Å²) in [4.78, 5) is 11.8. The predicted octanol–water partition coefficient (Wildman–Crippen LogP) is 2.98. The van der Waals surface area contributed by atoms with Crippen LogP contribution in [0.4, 0.5) is 0 Å². The van der Waals surface area contributed by atoms with Gasteiger partial charge in [-0.1, -0.05) is 37.3 Å². The first-order chi connectivity index (χ1) is 8.93. The Balaban J connectivity index is 1.74. The maximum absolute atomic E-state index is 11.8. The topological polar surface area (TPSA) is 35.5 Å². The molecule has 1 aliphatic heterocycles. The standard InChI is InChI=1S/C16H22O3/c1-15(2)16(3,12-19-15)11-18-14(17)10-9-13-7-5-4-6-8-13/h4-8H,9-12H2,1-3H3. The molecule has 104 valence electrons. The molecule has 1 atom stereocenters. The molecular formula is C16H22O3. The van der Waals surface area contributed by atoms with E-state index in [-0.39, 0.29) is 17.0 Å². The smallest absolute Gasteiger partial charge is 0.306 e. The van der Waals surface area contributed by atoms with Crippen molar-refractivity contribution in [3.63, 3.8) is 0 Å². The SMILES string of the molecule is CC1(COC(=O)CCc2ccccc2)COC1(C)C. The molecule has 1 heterocycles. The highest BCUT2D eigenvalue weighted by Gasteiger charge is 2.52. The lowest BCUT2D eigenvalue weighted by molar-refractivity contribution is -0.255. The molecule has 1 saturated heterocycles. The Kier molecular flexibility index (Phi) is 3.95. The largest absolute Gasteiger partial charge is 0.465 e. The van der Waals surface area contributed by atoms with Crippen molar-refractivity contribution >= 4 is 5.97 Å². The summed E-state index contributed by atoms with van der Waals surface area (Å²) in [6.07, 6.45) is 1.16. The molecule has 19 heavy (non-hydrogen) atoms. The van der Waals surface area contributed by atoms with Crippen molar-refractivity contribution in [3.8, 4) is 0 Å². The molecule has 0 bridgehead atoms. The number of carbonyl (C=O) groups excluding carboxylic acids is 1. The zero-order valence-corrected chi connectivity index (χ0v) is 11.9. The zero-order chi connectivity index (χ0) is 13.9. The fourth-order valence-electron chi connectivity index (χ4n) is 2.03. The molecule has 0 aliphatic carbocycles. The van der Waals surface area contributed by atoms with Gasteiger partial charge in [0, 0.05) is 6.42 Å². The predicted molar refractivity (Wildman–Crippen MR) is 73.9 cm³/mol. The van der Waals surface area contributed by atoms with E-state index in [1.165, 1.54) is 0 Å². The molecule has 1 aliphatic rings. The van der Waals surface area contributed by atoms with Crippen LogP contribution in [0.15, 0.2) is 30.3 Å². The number of aryl methyl sites for hydroxylation is 1. The molecule has 3 heteroatoms. The molecule has 0 spiro atoms. The number of benzene rings is 1. The third kappa shape index (κ3) is 3.16. The van der Waals surface area contributed by atoms with Crippen LogP contribution in [0.5, 0.6) is 0 Å². The number of hydrogen-bond acceptors (Lipinski definition) is 3. The molecule has 1 aromatic rings. The summed E-state index contributed by atoms with van der Waals surface area (Å²) in [5.74, 6) is -0.132. The summed E-state index contributed by atoms with van der Waals surface area (Å²) in [5.41, 5.74) is 0.903. The van der Waals surface area contributed by atoms with Gasteiger partial charge in [-0.25, -0.2) is 0 Å². The van der Waals surface area contributed by atoms with E-state index >= 15 is 0 Å². The van der Waals surface area contributed by atoms with Crippen LogP contribution >= 0.6 is 0 Å². The van der Waals surface area contributed by atoms with Gasteiger partial charge >= 0.3 is 5.97 Å². The third-order valence-corrected chi connectivity index (χ3v) is 4.22. The van der Waals surface area contributed by atoms with Crippen LogP contribution in [0.1, 0.15) is 32.8 Å². The average molecular weight is 262 g/mol. The average Bonchev–Trinajstić information content (AvgIpc) is 2.42. The van der Waals surface area contributed by atoms with Gasteiger partial charge in [0.25, 0.3) is 0 Å². The van der Waals surface area contributed by atoms with Gasteiger partial charge < -0.3 is 9.47 Å². The van der Waals surface area contributed by atoms with Crippen molar-refractivity contribution in [1.82, 2.24) is 0 Å². The summed E-state index contributed by atoms with van der Waals surface area (Å²) in [6.45, 7) is 7.27. The monoisotopic (exact) mass is 262 g/mol. The minimum Gasteiger partial charge on any atom is -0.465 e. The lowest BCUT2D eigenvalue weighted by atomic mass is 9.72. The number of hydrogen-bond donors (Lipinski definition) is 0. The van der Waals surface area contributed by atoms with Crippen LogP contribution in [-0.4, -0.2) is 24.8 Å². The highest BCUT2D eigenvalue weighted by atomic mass is 16.6. The summed E-state index contributed by atoms with van der Waals surface area (Å²) in [5, 5.41) is 0. The van der Waals surface area contributed by atoms with E-state index in [1.54, 1.807) is 0 Å². The van der Waals surface area contributed by atoms with E-state index in [2.05, 4.69) is 6.92 Å². The molecule has 2 rings (SSSR count). The molecule has 0 aromatic heterocycles. The van der Waals surface area contributed by atoms with Gasteiger partial charge in [0.05, 0.1) is 17.6 Å². The van der Waals surface area contributed by atoms with Gasteiger partial charge in [-0.2, -0.15) is 0 Å². The Morgan fingerprint density at radius 1 is 1.26 bits per heavy atom. The van der Waals surface area contributed by atoms with Gasteiger partial charge in [-0.15, -0.1) is 0 Å². The Morgan fingerprint density at radius 3 is 2.47 bits per heavy atom. The fraction of sp³-hybridized carbons (Fsp3) is 0.562. The van der Waals surface area contributed by atoms with E-state index < -0.39 is 0 Å². The third-order valence-electron chi connectivity index (χ3n) is 4.22. The lowest BCUT2D eigenvalue weighted by Gasteiger charge is -2.53. The van der Waals surface area contributed by atoms with Crippen molar-refractivity contribution < 1.29 is 14.3 Å². The molecule has 1 unspecified atom stereocenters. The van der Waals surface area contributed by atoms with Crippen molar-refractivity contribution in [2.45, 2.75) is 39.2 Å². The molecule has 0 amide bonds. The second kappa shape index (κ2) is 5.33. The van der Waals surface area contributed by atoms with Crippen LogP contribution in [0, 0.1) is 5.41 Å². The van der Waals surface area contributed by atoms with Gasteiger partial charge in [-0.3, -0.25) is 4.79 Å². The van der Waals surface area contributed by atoms with Crippen molar-refractivity contribution in [2.24, 2.45) is 5.41 Å². The fourth-order valence-corrected chi connectivity index (χ4v) is 2.03. The molecule has 0 radical (unpaired) electrons. The maximum atomic E-state index is 11.8. The molecule has 3 nitrogen and oxygen atoms in total. The Bertz CT molecular complexity index is 439. The first-order valence-corrected chi connectivity index (χ1v) is 6.76. The number of carbonyl (C=O) groups is 1. The second-order valence-electron chi connectivity index (χ2n) is 6.01. The Hall–Kier alpha value is -1.35. The minimum absolute atomic E-state index is 0.0601. The van der Waals surface area contributed by atoms with E-state index in [4.69, 9.17) is 9.47 Å². The second-order valence-corrected chi connectivity index (χ2v) is 6.01. The van der Waals surface area contributed by atoms with Crippen LogP contribution in [0.2, 0.25) is 0 Å². The van der Waals surface area contributed by atoms with E-state index in [0.717, 1.165) is 12.0 Å². The zero-order valence-electron chi connectivity index (χ0n) is 11.9. The van der Waals surface area contributed by atoms with Gasteiger partial charge in [0.15, 0.2) is 0 Å².